The van der Waals surface area contributed by atoms with Gasteiger partial charge in [0.2, 0.25) is 5.90 Å². The number of aliphatic hydroxyl groups is 1. The lowest BCUT2D eigenvalue weighted by molar-refractivity contribution is -0.128. The van der Waals surface area contributed by atoms with E-state index in [0.29, 0.717) is 37.8 Å². The Morgan fingerprint density at radius 1 is 1.21 bits per heavy atom. The average molecular weight is 449 g/mol. The largest absolute Gasteiger partial charge is 0.494 e. The molecule has 0 spiro atoms. The van der Waals surface area contributed by atoms with Crippen LogP contribution in [0.4, 0.5) is 0 Å². The highest BCUT2D eigenvalue weighted by Gasteiger charge is 2.49. The van der Waals surface area contributed by atoms with Gasteiger partial charge >= 0.3 is 0 Å². The molecule has 0 aromatic heterocycles. The van der Waals surface area contributed by atoms with Gasteiger partial charge < -0.3 is 19.9 Å². The monoisotopic (exact) mass is 448 g/mol. The summed E-state index contributed by atoms with van der Waals surface area (Å²) in [6.45, 7) is 3.17. The molecule has 2 aromatic carbocycles. The Bertz CT molecular complexity index is 983. The highest BCUT2D eigenvalue weighted by molar-refractivity contribution is 6.00. The van der Waals surface area contributed by atoms with Crippen molar-refractivity contribution in [3.05, 3.63) is 71.8 Å². The van der Waals surface area contributed by atoms with E-state index in [0.717, 1.165) is 16.9 Å². The molecule has 1 heterocycles. The molecule has 0 saturated heterocycles. The number of ether oxygens (including phenoxy) is 2. The summed E-state index contributed by atoms with van der Waals surface area (Å²) >= 11 is 0. The fourth-order valence-electron chi connectivity index (χ4n) is 3.83. The zero-order valence-electron chi connectivity index (χ0n) is 19.1. The molecule has 1 fully saturated rings. The first-order valence-electron chi connectivity index (χ1n) is 11.7. The standard InChI is InChI=1S/C27H32N2O4/c1-20-27(26(31)28-19-22-10-11-22,16-5-9-21-7-3-2-4-8-21)29-25(33-20)23-12-14-24(15-13-23)32-18-6-17-30/h2-5,7-9,12-15,20,22,30H,6,10-11,16-19H2,1H3,(H,28,31)/b9-5+/t20-,27-/m1/s1. The van der Waals surface area contributed by atoms with E-state index >= 15 is 0 Å². The summed E-state index contributed by atoms with van der Waals surface area (Å²) in [6.07, 6.45) is 7.02. The van der Waals surface area contributed by atoms with Crippen LogP contribution in [-0.2, 0) is 9.53 Å². The normalized spacial score (nSPS) is 22.1. The van der Waals surface area contributed by atoms with Gasteiger partial charge in [0.1, 0.15) is 11.9 Å². The molecule has 0 radical (unpaired) electrons. The Hall–Kier alpha value is -3.12. The second kappa shape index (κ2) is 10.7. The van der Waals surface area contributed by atoms with Crippen molar-refractivity contribution in [3.63, 3.8) is 0 Å². The summed E-state index contributed by atoms with van der Waals surface area (Å²) in [5.74, 6) is 1.70. The van der Waals surface area contributed by atoms with E-state index in [1.165, 1.54) is 12.8 Å². The fraction of sp³-hybridized carbons (Fsp3) is 0.407. The number of hydrogen-bond donors (Lipinski definition) is 2. The maximum Gasteiger partial charge on any atom is 0.252 e. The molecule has 0 bridgehead atoms. The SMILES string of the molecule is C[C@H]1OC(c2ccc(OCCCO)cc2)=N[C@@]1(C/C=C/c1ccccc1)C(=O)NCC1CC1. The third-order valence-electron chi connectivity index (χ3n) is 6.11. The molecular formula is C27H32N2O4. The molecule has 2 N–H and O–H groups in total. The number of rotatable bonds is 11. The molecule has 2 atom stereocenters. The van der Waals surface area contributed by atoms with Gasteiger partial charge in [0.25, 0.3) is 5.91 Å². The number of amides is 1. The van der Waals surface area contributed by atoms with E-state index in [1.807, 2.05) is 73.7 Å². The summed E-state index contributed by atoms with van der Waals surface area (Å²) in [4.78, 5) is 18.2. The molecule has 2 aromatic rings. The minimum Gasteiger partial charge on any atom is -0.494 e. The van der Waals surface area contributed by atoms with Crippen LogP contribution >= 0.6 is 0 Å². The topological polar surface area (TPSA) is 80.2 Å². The van der Waals surface area contributed by atoms with E-state index < -0.39 is 11.6 Å². The van der Waals surface area contributed by atoms with E-state index in [1.54, 1.807) is 0 Å². The highest BCUT2D eigenvalue weighted by atomic mass is 16.5. The van der Waals surface area contributed by atoms with Crippen LogP contribution in [0, 0.1) is 5.92 Å². The van der Waals surface area contributed by atoms with Crippen molar-refractivity contribution in [2.75, 3.05) is 19.8 Å². The third-order valence-corrected chi connectivity index (χ3v) is 6.11. The van der Waals surface area contributed by atoms with Crippen molar-refractivity contribution in [2.45, 2.75) is 44.2 Å². The first-order valence-corrected chi connectivity index (χ1v) is 11.7. The zero-order chi connectivity index (χ0) is 23.1. The Morgan fingerprint density at radius 2 is 1.97 bits per heavy atom. The Labute approximate surface area is 195 Å². The molecule has 1 aliphatic heterocycles. The number of nitrogens with one attached hydrogen (secondary N) is 1. The Morgan fingerprint density at radius 3 is 2.67 bits per heavy atom. The molecule has 4 rings (SSSR count). The van der Waals surface area contributed by atoms with Gasteiger partial charge in [-0.15, -0.1) is 0 Å². The summed E-state index contributed by atoms with van der Waals surface area (Å²) in [6, 6.07) is 17.5. The quantitative estimate of drug-likeness (QED) is 0.510. The van der Waals surface area contributed by atoms with E-state index in [9.17, 15) is 4.79 Å². The molecule has 6 heteroatoms. The smallest absolute Gasteiger partial charge is 0.252 e. The summed E-state index contributed by atoms with van der Waals surface area (Å²) < 4.78 is 11.7. The molecule has 1 aliphatic carbocycles. The van der Waals surface area contributed by atoms with Gasteiger partial charge in [0.15, 0.2) is 5.54 Å². The second-order valence-electron chi connectivity index (χ2n) is 8.72. The number of benzene rings is 2. The Kier molecular flexibility index (Phi) is 7.45. The van der Waals surface area contributed by atoms with Crippen molar-refractivity contribution in [3.8, 4) is 5.75 Å². The number of aliphatic imine (C=N–C) groups is 1. The van der Waals surface area contributed by atoms with Gasteiger partial charge in [-0.05, 0) is 55.5 Å². The summed E-state index contributed by atoms with van der Waals surface area (Å²) in [7, 11) is 0. The van der Waals surface area contributed by atoms with Crippen molar-refractivity contribution in [1.82, 2.24) is 5.32 Å². The summed E-state index contributed by atoms with van der Waals surface area (Å²) in [5.41, 5.74) is 0.880. The Balaban J connectivity index is 1.53. The van der Waals surface area contributed by atoms with Crippen molar-refractivity contribution < 1.29 is 19.4 Å². The maximum absolute atomic E-state index is 13.4. The second-order valence-corrected chi connectivity index (χ2v) is 8.72. The number of hydrogen-bond acceptors (Lipinski definition) is 5. The number of aliphatic hydroxyl groups excluding tert-OH is 1. The van der Waals surface area contributed by atoms with Gasteiger partial charge in [-0.1, -0.05) is 42.5 Å². The van der Waals surface area contributed by atoms with E-state index in [4.69, 9.17) is 19.6 Å². The molecule has 33 heavy (non-hydrogen) atoms. The van der Waals surface area contributed by atoms with Crippen LogP contribution in [0.1, 0.15) is 43.7 Å². The lowest BCUT2D eigenvalue weighted by Gasteiger charge is -2.27. The van der Waals surface area contributed by atoms with Crippen LogP contribution in [-0.4, -0.2) is 48.3 Å². The van der Waals surface area contributed by atoms with Gasteiger partial charge in [0.05, 0.1) is 6.61 Å². The third kappa shape index (κ3) is 5.82. The van der Waals surface area contributed by atoms with Gasteiger partial charge in [-0.2, -0.15) is 0 Å². The van der Waals surface area contributed by atoms with E-state index in [-0.39, 0.29) is 12.5 Å². The molecule has 2 aliphatic rings. The predicted octanol–water partition coefficient (Wildman–Crippen LogP) is 3.98. The molecule has 1 amide bonds. The van der Waals surface area contributed by atoms with Crippen molar-refractivity contribution >= 4 is 17.9 Å². The minimum absolute atomic E-state index is 0.0847. The van der Waals surface area contributed by atoms with Crippen LogP contribution in [0.15, 0.2) is 65.7 Å². The minimum atomic E-state index is -1.01. The lowest BCUT2D eigenvalue weighted by Crippen LogP contribution is -2.51. The first-order chi connectivity index (χ1) is 16.1. The number of carbonyl (C=O) groups excluding carboxylic acids is 1. The maximum atomic E-state index is 13.4. The van der Waals surface area contributed by atoms with Crippen LogP contribution in [0.3, 0.4) is 0 Å². The van der Waals surface area contributed by atoms with Crippen LogP contribution in [0.5, 0.6) is 5.75 Å². The van der Waals surface area contributed by atoms with Gasteiger partial charge in [-0.25, -0.2) is 4.99 Å². The van der Waals surface area contributed by atoms with Crippen LogP contribution in [0.2, 0.25) is 0 Å². The first kappa shape index (κ1) is 23.1. The highest BCUT2D eigenvalue weighted by Crippen LogP contribution is 2.34. The van der Waals surface area contributed by atoms with E-state index in [2.05, 4.69) is 5.32 Å². The number of nitrogens with zero attached hydrogens (tertiary/aromatic N) is 1. The summed E-state index contributed by atoms with van der Waals surface area (Å²) in [5, 5.41) is 12.0. The lowest BCUT2D eigenvalue weighted by atomic mass is 9.89. The van der Waals surface area contributed by atoms with Gasteiger partial charge in [0, 0.05) is 31.6 Å². The number of carbonyl (C=O) groups is 1. The van der Waals surface area contributed by atoms with Crippen molar-refractivity contribution in [2.24, 2.45) is 10.9 Å². The fourth-order valence-corrected chi connectivity index (χ4v) is 3.83. The van der Waals surface area contributed by atoms with Crippen LogP contribution in [0.25, 0.3) is 6.08 Å². The molecule has 1 saturated carbocycles. The zero-order valence-corrected chi connectivity index (χ0v) is 19.1. The average Bonchev–Trinajstić information content (AvgIpc) is 3.61. The molecule has 174 valence electrons. The van der Waals surface area contributed by atoms with Gasteiger partial charge in [-0.3, -0.25) is 4.79 Å². The van der Waals surface area contributed by atoms with Crippen LogP contribution < -0.4 is 10.1 Å². The molecule has 6 nitrogen and oxygen atoms in total. The molecule has 0 unspecified atom stereocenters. The van der Waals surface area contributed by atoms with Crippen molar-refractivity contribution in [1.29, 1.82) is 0 Å². The predicted molar refractivity (Wildman–Crippen MR) is 129 cm³/mol. The molecular weight excluding hydrogens is 416 g/mol.